The highest BCUT2D eigenvalue weighted by molar-refractivity contribution is 6.42. The predicted molar refractivity (Wildman–Crippen MR) is 67.3 cm³/mol. The third kappa shape index (κ3) is 3.35. The van der Waals surface area contributed by atoms with Gasteiger partial charge in [0.25, 0.3) is 5.91 Å². The molecule has 0 radical (unpaired) electrons. The number of halogens is 2. The SMILES string of the molecule is O=C(NOC1CCCC1)c1ccc(Cl)c(Cl)c1. The summed E-state index contributed by atoms with van der Waals surface area (Å²) in [5, 5.41) is 0.792. The highest BCUT2D eigenvalue weighted by atomic mass is 35.5. The van der Waals surface area contributed by atoms with Crippen molar-refractivity contribution >= 4 is 29.1 Å². The summed E-state index contributed by atoms with van der Waals surface area (Å²) in [5.74, 6) is -0.296. The Morgan fingerprint density at radius 3 is 2.59 bits per heavy atom. The van der Waals surface area contributed by atoms with Crippen LogP contribution in [0.1, 0.15) is 36.0 Å². The molecule has 0 unspecified atom stereocenters. The van der Waals surface area contributed by atoms with E-state index in [1.807, 2.05) is 0 Å². The number of carbonyl (C=O) groups is 1. The monoisotopic (exact) mass is 273 g/mol. The zero-order valence-corrected chi connectivity index (χ0v) is 10.7. The molecule has 2 rings (SSSR count). The van der Waals surface area contributed by atoms with E-state index in [9.17, 15) is 4.79 Å². The van der Waals surface area contributed by atoms with E-state index < -0.39 is 0 Å². The molecule has 1 saturated carbocycles. The number of carbonyl (C=O) groups excluding carboxylic acids is 1. The Bertz CT molecular complexity index is 417. The molecule has 1 fully saturated rings. The number of hydrogen-bond donors (Lipinski definition) is 1. The second kappa shape index (κ2) is 5.71. The molecule has 0 saturated heterocycles. The summed E-state index contributed by atoms with van der Waals surface area (Å²) in [7, 11) is 0. The third-order valence-corrected chi connectivity index (χ3v) is 3.54. The number of hydroxylamine groups is 1. The van der Waals surface area contributed by atoms with E-state index in [4.69, 9.17) is 28.0 Å². The van der Waals surface area contributed by atoms with Gasteiger partial charge in [-0.15, -0.1) is 0 Å². The zero-order chi connectivity index (χ0) is 12.3. The molecule has 0 aliphatic heterocycles. The van der Waals surface area contributed by atoms with Gasteiger partial charge in [0, 0.05) is 5.56 Å². The van der Waals surface area contributed by atoms with Crippen LogP contribution in [-0.2, 0) is 4.84 Å². The summed E-state index contributed by atoms with van der Waals surface area (Å²) in [6.07, 6.45) is 4.46. The van der Waals surface area contributed by atoms with Crippen LogP contribution in [0.2, 0.25) is 10.0 Å². The number of benzene rings is 1. The van der Waals surface area contributed by atoms with E-state index in [0.717, 1.165) is 25.7 Å². The first-order valence-electron chi connectivity index (χ1n) is 5.58. The van der Waals surface area contributed by atoms with Gasteiger partial charge < -0.3 is 0 Å². The predicted octanol–water partition coefficient (Wildman–Crippen LogP) is 3.60. The summed E-state index contributed by atoms with van der Waals surface area (Å²) in [6.45, 7) is 0. The highest BCUT2D eigenvalue weighted by Crippen LogP contribution is 2.23. The maximum absolute atomic E-state index is 11.7. The Hall–Kier alpha value is -0.770. The van der Waals surface area contributed by atoms with Gasteiger partial charge in [-0.3, -0.25) is 9.63 Å². The van der Waals surface area contributed by atoms with Gasteiger partial charge >= 0.3 is 0 Å². The number of rotatable bonds is 3. The second-order valence-electron chi connectivity index (χ2n) is 4.08. The van der Waals surface area contributed by atoms with Crippen LogP contribution in [0.5, 0.6) is 0 Å². The molecule has 3 nitrogen and oxygen atoms in total. The van der Waals surface area contributed by atoms with Crippen molar-refractivity contribution < 1.29 is 9.63 Å². The van der Waals surface area contributed by atoms with Gasteiger partial charge in [0.05, 0.1) is 16.1 Å². The molecule has 0 spiro atoms. The van der Waals surface area contributed by atoms with Gasteiger partial charge in [-0.1, -0.05) is 36.0 Å². The summed E-state index contributed by atoms with van der Waals surface area (Å²) < 4.78 is 0. The lowest BCUT2D eigenvalue weighted by Gasteiger charge is -2.11. The lowest BCUT2D eigenvalue weighted by atomic mass is 10.2. The number of hydrogen-bond acceptors (Lipinski definition) is 2. The summed E-state index contributed by atoms with van der Waals surface area (Å²) in [6, 6.07) is 4.73. The Balaban J connectivity index is 1.92. The van der Waals surface area contributed by atoms with Gasteiger partial charge in [-0.25, -0.2) is 5.48 Å². The summed E-state index contributed by atoms with van der Waals surface area (Å²) in [5.41, 5.74) is 2.89. The molecule has 1 aliphatic rings. The van der Waals surface area contributed by atoms with Crippen molar-refractivity contribution in [2.75, 3.05) is 0 Å². The van der Waals surface area contributed by atoms with Crippen molar-refractivity contribution in [3.8, 4) is 0 Å². The van der Waals surface area contributed by atoms with Crippen molar-refractivity contribution in [3.05, 3.63) is 33.8 Å². The summed E-state index contributed by atoms with van der Waals surface area (Å²) >= 11 is 11.6. The molecule has 5 heteroatoms. The maximum atomic E-state index is 11.7. The standard InChI is InChI=1S/C12H13Cl2NO2/c13-10-6-5-8(7-11(10)14)12(16)15-17-9-3-1-2-4-9/h5-7,9H,1-4H2,(H,15,16). The minimum Gasteiger partial charge on any atom is -0.270 e. The Labute approximate surface area is 110 Å². The van der Waals surface area contributed by atoms with Gasteiger partial charge in [0.1, 0.15) is 0 Å². The lowest BCUT2D eigenvalue weighted by molar-refractivity contribution is -0.0124. The molecule has 1 aliphatic carbocycles. The first-order chi connectivity index (χ1) is 8.16. The van der Waals surface area contributed by atoms with Crippen LogP contribution < -0.4 is 5.48 Å². The molecule has 17 heavy (non-hydrogen) atoms. The van der Waals surface area contributed by atoms with E-state index in [-0.39, 0.29) is 12.0 Å². The van der Waals surface area contributed by atoms with Crippen molar-refractivity contribution in [2.45, 2.75) is 31.8 Å². The fourth-order valence-electron chi connectivity index (χ4n) is 1.84. The molecule has 1 aromatic rings. The van der Waals surface area contributed by atoms with Crippen molar-refractivity contribution in [1.82, 2.24) is 5.48 Å². The molecule has 1 N–H and O–H groups in total. The quantitative estimate of drug-likeness (QED) is 0.855. The average Bonchev–Trinajstić information content (AvgIpc) is 2.82. The van der Waals surface area contributed by atoms with Gasteiger partial charge in [0.15, 0.2) is 0 Å². The van der Waals surface area contributed by atoms with Crippen molar-refractivity contribution in [1.29, 1.82) is 0 Å². The number of nitrogens with one attached hydrogen (secondary N) is 1. The topological polar surface area (TPSA) is 38.3 Å². The molecule has 0 aromatic heterocycles. The fraction of sp³-hybridized carbons (Fsp3) is 0.417. The van der Waals surface area contributed by atoms with Crippen LogP contribution in [0, 0.1) is 0 Å². The van der Waals surface area contributed by atoms with E-state index in [2.05, 4.69) is 5.48 Å². The molecule has 1 aromatic carbocycles. The van der Waals surface area contributed by atoms with Crippen molar-refractivity contribution in [2.24, 2.45) is 0 Å². The minimum atomic E-state index is -0.296. The van der Waals surface area contributed by atoms with Gasteiger partial charge in [0.2, 0.25) is 0 Å². The average molecular weight is 274 g/mol. The molecular formula is C12H13Cl2NO2. The number of amides is 1. The van der Waals surface area contributed by atoms with Crippen LogP contribution in [-0.4, -0.2) is 12.0 Å². The largest absolute Gasteiger partial charge is 0.274 e. The van der Waals surface area contributed by atoms with E-state index in [1.165, 1.54) is 6.07 Å². The van der Waals surface area contributed by atoms with Crippen LogP contribution in [0.3, 0.4) is 0 Å². The van der Waals surface area contributed by atoms with E-state index >= 15 is 0 Å². The fourth-order valence-corrected chi connectivity index (χ4v) is 2.14. The first-order valence-corrected chi connectivity index (χ1v) is 6.33. The van der Waals surface area contributed by atoms with Crippen molar-refractivity contribution in [3.63, 3.8) is 0 Å². The normalized spacial score (nSPS) is 16.1. The van der Waals surface area contributed by atoms with E-state index in [1.54, 1.807) is 12.1 Å². The minimum absolute atomic E-state index is 0.140. The maximum Gasteiger partial charge on any atom is 0.274 e. The summed E-state index contributed by atoms with van der Waals surface area (Å²) in [4.78, 5) is 17.0. The lowest BCUT2D eigenvalue weighted by Crippen LogP contribution is -2.28. The van der Waals surface area contributed by atoms with Crippen LogP contribution >= 0.6 is 23.2 Å². The van der Waals surface area contributed by atoms with Gasteiger partial charge in [-0.05, 0) is 31.0 Å². The Morgan fingerprint density at radius 2 is 1.94 bits per heavy atom. The van der Waals surface area contributed by atoms with Crippen LogP contribution in [0.15, 0.2) is 18.2 Å². The second-order valence-corrected chi connectivity index (χ2v) is 4.90. The molecular weight excluding hydrogens is 261 g/mol. The first kappa shape index (κ1) is 12.7. The van der Waals surface area contributed by atoms with E-state index in [0.29, 0.717) is 15.6 Å². The Kier molecular flexibility index (Phi) is 4.26. The van der Waals surface area contributed by atoms with Crippen LogP contribution in [0.4, 0.5) is 0 Å². The smallest absolute Gasteiger partial charge is 0.270 e. The molecule has 92 valence electrons. The highest BCUT2D eigenvalue weighted by Gasteiger charge is 2.17. The Morgan fingerprint density at radius 1 is 1.24 bits per heavy atom. The molecule has 0 bridgehead atoms. The zero-order valence-electron chi connectivity index (χ0n) is 9.21. The van der Waals surface area contributed by atoms with Gasteiger partial charge in [-0.2, -0.15) is 0 Å². The molecule has 0 heterocycles. The molecule has 1 amide bonds. The third-order valence-electron chi connectivity index (χ3n) is 2.80. The van der Waals surface area contributed by atoms with Crippen LogP contribution in [0.25, 0.3) is 0 Å². The molecule has 0 atom stereocenters.